The summed E-state index contributed by atoms with van der Waals surface area (Å²) in [6.07, 6.45) is -4.62. The van der Waals surface area contributed by atoms with Gasteiger partial charge in [-0.05, 0) is 23.8 Å². The minimum atomic E-state index is -4.62. The number of carbonyl (C=O) groups is 1. The predicted octanol–water partition coefficient (Wildman–Crippen LogP) is 5.75. The molecule has 140 valence electrons. The van der Waals surface area contributed by atoms with Crippen LogP contribution in [0.15, 0.2) is 52.9 Å². The maximum absolute atomic E-state index is 13.0. The average molecular weight is 430 g/mol. The molecular formula is C17H11ClF3N3OS2. The zero-order valence-corrected chi connectivity index (χ0v) is 15.8. The number of nitrogens with one attached hydrogen (secondary N) is 1. The van der Waals surface area contributed by atoms with Gasteiger partial charge in [-0.3, -0.25) is 10.1 Å². The van der Waals surface area contributed by atoms with Gasteiger partial charge in [0.15, 0.2) is 4.34 Å². The van der Waals surface area contributed by atoms with Crippen LogP contribution < -0.4 is 5.32 Å². The zero-order valence-electron chi connectivity index (χ0n) is 13.5. The number of amides is 1. The molecule has 4 nitrogen and oxygen atoms in total. The maximum Gasteiger partial charge on any atom is 0.417 e. The number of carbonyl (C=O) groups excluding carboxylic acids is 1. The van der Waals surface area contributed by atoms with Crippen LogP contribution in [-0.2, 0) is 11.9 Å². The third kappa shape index (κ3) is 5.00. The Bertz CT molecular complexity index is 962. The lowest BCUT2D eigenvalue weighted by atomic mass is 10.1. The maximum atomic E-state index is 13.0. The zero-order chi connectivity index (χ0) is 19.4. The van der Waals surface area contributed by atoms with Crippen LogP contribution in [0.25, 0.3) is 0 Å². The number of anilines is 1. The molecule has 0 radical (unpaired) electrons. The number of hydrogen-bond acceptors (Lipinski definition) is 5. The summed E-state index contributed by atoms with van der Waals surface area (Å²) in [7, 11) is 0. The number of alkyl halides is 3. The van der Waals surface area contributed by atoms with Crippen LogP contribution in [0.2, 0.25) is 5.02 Å². The minimum absolute atomic E-state index is 0.124. The van der Waals surface area contributed by atoms with Gasteiger partial charge < -0.3 is 0 Å². The molecule has 10 heteroatoms. The molecule has 0 aliphatic rings. The Balaban J connectivity index is 1.68. The van der Waals surface area contributed by atoms with E-state index in [0.717, 1.165) is 29.0 Å². The average Bonchev–Trinajstić information content (AvgIpc) is 3.07. The highest BCUT2D eigenvalue weighted by molar-refractivity contribution is 8.00. The Morgan fingerprint density at radius 1 is 1.11 bits per heavy atom. The van der Waals surface area contributed by atoms with E-state index in [1.165, 1.54) is 23.9 Å². The van der Waals surface area contributed by atoms with Crippen molar-refractivity contribution in [2.45, 2.75) is 16.3 Å². The van der Waals surface area contributed by atoms with Crippen LogP contribution in [0.5, 0.6) is 0 Å². The van der Waals surface area contributed by atoms with Gasteiger partial charge in [-0.25, -0.2) is 0 Å². The fraction of sp³-hybridized carbons (Fsp3) is 0.118. The molecule has 3 rings (SSSR count). The monoisotopic (exact) mass is 429 g/mol. The van der Waals surface area contributed by atoms with Crippen molar-refractivity contribution >= 4 is 45.7 Å². The van der Waals surface area contributed by atoms with E-state index in [2.05, 4.69) is 15.5 Å². The number of hydrogen-bond donors (Lipinski definition) is 1. The summed E-state index contributed by atoms with van der Waals surface area (Å²) in [6.45, 7) is 0. The largest absolute Gasteiger partial charge is 0.417 e. The number of thioether (sulfide) groups is 1. The molecule has 1 aromatic heterocycles. The molecule has 27 heavy (non-hydrogen) atoms. The molecule has 0 aliphatic heterocycles. The normalized spacial score (nSPS) is 11.4. The summed E-state index contributed by atoms with van der Waals surface area (Å²) in [5, 5.41) is 10.9. The van der Waals surface area contributed by atoms with Gasteiger partial charge in [0.05, 0.1) is 11.1 Å². The fourth-order valence-corrected chi connectivity index (χ4v) is 4.20. The molecular weight excluding hydrogens is 419 g/mol. The van der Waals surface area contributed by atoms with Gasteiger partial charge in [-0.15, -0.1) is 10.2 Å². The smallest absolute Gasteiger partial charge is 0.296 e. The molecule has 3 aromatic rings. The summed E-state index contributed by atoms with van der Waals surface area (Å²) in [6, 6.07) is 11.9. The second kappa shape index (κ2) is 8.28. The van der Waals surface area contributed by atoms with Crippen molar-refractivity contribution in [2.24, 2.45) is 0 Å². The summed E-state index contributed by atoms with van der Waals surface area (Å²) >= 11 is 8.54. The van der Waals surface area contributed by atoms with Gasteiger partial charge in [0.2, 0.25) is 5.13 Å². The molecule has 0 saturated heterocycles. The van der Waals surface area contributed by atoms with Crippen LogP contribution in [0.3, 0.4) is 0 Å². The van der Waals surface area contributed by atoms with Crippen LogP contribution in [0.4, 0.5) is 18.3 Å². The van der Waals surface area contributed by atoms with E-state index in [1.54, 1.807) is 6.07 Å². The van der Waals surface area contributed by atoms with Crippen LogP contribution >= 0.6 is 34.7 Å². The van der Waals surface area contributed by atoms with E-state index in [1.807, 2.05) is 18.2 Å². The van der Waals surface area contributed by atoms with Gasteiger partial charge in [-0.1, -0.05) is 65.0 Å². The minimum Gasteiger partial charge on any atom is -0.296 e. The molecule has 1 N–H and O–H groups in total. The predicted molar refractivity (Wildman–Crippen MR) is 100 cm³/mol. The highest BCUT2D eigenvalue weighted by Gasteiger charge is 2.35. The summed E-state index contributed by atoms with van der Waals surface area (Å²) in [5.41, 5.74) is -0.546. The molecule has 0 fully saturated rings. The lowest BCUT2D eigenvalue weighted by Gasteiger charge is -2.11. The number of nitrogens with zero attached hydrogens (tertiary/aromatic N) is 2. The van der Waals surface area contributed by atoms with Crippen molar-refractivity contribution in [1.82, 2.24) is 10.2 Å². The fourth-order valence-electron chi connectivity index (χ4n) is 2.17. The van der Waals surface area contributed by atoms with E-state index in [-0.39, 0.29) is 5.13 Å². The number of aromatic nitrogens is 2. The Labute approximate surface area is 165 Å². The first kappa shape index (κ1) is 19.7. The third-order valence-electron chi connectivity index (χ3n) is 3.41. The molecule has 0 aliphatic carbocycles. The quantitative estimate of drug-likeness (QED) is 0.414. The highest BCUT2D eigenvalue weighted by atomic mass is 35.5. The Kier molecular flexibility index (Phi) is 6.03. The van der Waals surface area contributed by atoms with E-state index in [0.29, 0.717) is 15.1 Å². The number of benzene rings is 2. The topological polar surface area (TPSA) is 54.9 Å². The van der Waals surface area contributed by atoms with E-state index < -0.39 is 23.2 Å². The molecule has 0 spiro atoms. The summed E-state index contributed by atoms with van der Waals surface area (Å²) in [5.74, 6) is -0.333. The highest BCUT2D eigenvalue weighted by Crippen LogP contribution is 2.33. The van der Waals surface area contributed by atoms with Crippen LogP contribution in [0.1, 0.15) is 21.5 Å². The summed E-state index contributed by atoms with van der Waals surface area (Å²) in [4.78, 5) is 12.2. The molecule has 0 bridgehead atoms. The van der Waals surface area contributed by atoms with Crippen molar-refractivity contribution in [3.8, 4) is 0 Å². The van der Waals surface area contributed by atoms with Crippen LogP contribution in [-0.4, -0.2) is 16.1 Å². The SMILES string of the molecule is O=C(Nc1nnc(SCc2ccccc2Cl)s1)c1ccccc1C(F)(F)F. The Hall–Kier alpha value is -2.10. The number of halogens is 4. The number of rotatable bonds is 5. The standard InChI is InChI=1S/C17H11ClF3N3OS2/c18-13-8-4-1-5-10(13)9-26-16-24-23-15(27-16)22-14(25)11-6-2-3-7-12(11)17(19,20)21/h1-8H,9H2,(H,22,23,25). The second-order valence-electron chi connectivity index (χ2n) is 5.25. The lowest BCUT2D eigenvalue weighted by Crippen LogP contribution is -2.18. The van der Waals surface area contributed by atoms with Crippen molar-refractivity contribution < 1.29 is 18.0 Å². The first-order valence-electron chi connectivity index (χ1n) is 7.52. The molecule has 0 saturated carbocycles. The molecule has 0 unspecified atom stereocenters. The van der Waals surface area contributed by atoms with Gasteiger partial charge >= 0.3 is 6.18 Å². The molecule has 1 heterocycles. The Morgan fingerprint density at radius 2 is 1.81 bits per heavy atom. The lowest BCUT2D eigenvalue weighted by molar-refractivity contribution is -0.137. The first-order valence-corrected chi connectivity index (χ1v) is 9.70. The third-order valence-corrected chi connectivity index (χ3v) is 5.80. The van der Waals surface area contributed by atoms with Gasteiger partial charge in [0, 0.05) is 10.8 Å². The van der Waals surface area contributed by atoms with Gasteiger partial charge in [-0.2, -0.15) is 13.2 Å². The molecule has 1 amide bonds. The van der Waals surface area contributed by atoms with Gasteiger partial charge in [0.25, 0.3) is 5.91 Å². The first-order chi connectivity index (χ1) is 12.8. The van der Waals surface area contributed by atoms with Crippen LogP contribution in [0, 0.1) is 0 Å². The van der Waals surface area contributed by atoms with Crippen molar-refractivity contribution in [2.75, 3.05) is 5.32 Å². The molecule has 2 aromatic carbocycles. The molecule has 0 atom stereocenters. The van der Waals surface area contributed by atoms with E-state index in [4.69, 9.17) is 11.6 Å². The van der Waals surface area contributed by atoms with Gasteiger partial charge in [0.1, 0.15) is 0 Å². The van der Waals surface area contributed by atoms with E-state index in [9.17, 15) is 18.0 Å². The Morgan fingerprint density at radius 3 is 2.56 bits per heavy atom. The van der Waals surface area contributed by atoms with Crippen molar-refractivity contribution in [1.29, 1.82) is 0 Å². The van der Waals surface area contributed by atoms with Crippen molar-refractivity contribution in [3.63, 3.8) is 0 Å². The van der Waals surface area contributed by atoms with Crippen molar-refractivity contribution in [3.05, 3.63) is 70.2 Å². The summed E-state index contributed by atoms with van der Waals surface area (Å²) < 4.78 is 39.6. The van der Waals surface area contributed by atoms with E-state index >= 15 is 0 Å². The second-order valence-corrected chi connectivity index (χ2v) is 7.86.